The van der Waals surface area contributed by atoms with E-state index in [1.807, 2.05) is 6.07 Å². The fraction of sp³-hybridized carbons (Fsp3) is 0. The molecule has 7 heteroatoms. The standard InChI is InChI=1S/C6H2BrIN2.C6H3BrN2/c1-9-5-3-10-6(7)2-4(5)8;1-8-5-2-3-6(7)9-4-5/h2-3H;2-4H. The van der Waals surface area contributed by atoms with E-state index in [0.717, 1.165) is 12.8 Å². The van der Waals surface area contributed by atoms with Crippen LogP contribution in [0.3, 0.4) is 0 Å². The van der Waals surface area contributed by atoms with E-state index in [1.165, 1.54) is 6.20 Å². The number of aromatic nitrogens is 2. The van der Waals surface area contributed by atoms with Gasteiger partial charge in [-0.25, -0.2) is 9.69 Å². The highest BCUT2D eigenvalue weighted by Crippen LogP contribution is 2.22. The van der Waals surface area contributed by atoms with Gasteiger partial charge in [-0.15, -0.1) is 0 Å². The maximum atomic E-state index is 6.72. The lowest BCUT2D eigenvalue weighted by Gasteiger charge is -1.92. The van der Waals surface area contributed by atoms with E-state index in [0.29, 0.717) is 11.4 Å². The molecule has 94 valence electrons. The highest BCUT2D eigenvalue weighted by molar-refractivity contribution is 14.1. The summed E-state index contributed by atoms with van der Waals surface area (Å²) in [5.41, 5.74) is 1.17. The molecule has 2 rings (SSSR count). The number of hydrogen-bond donors (Lipinski definition) is 0. The van der Waals surface area contributed by atoms with Crippen molar-refractivity contribution < 1.29 is 0 Å². The molecule has 2 aromatic rings. The average Bonchev–Trinajstić information content (AvgIpc) is 2.40. The molecule has 0 aliphatic carbocycles. The minimum absolute atomic E-state index is 0.568. The molecule has 0 radical (unpaired) electrons. The van der Waals surface area contributed by atoms with Gasteiger partial charge < -0.3 is 0 Å². The molecule has 0 bridgehead atoms. The molecule has 0 amide bonds. The Morgan fingerprint density at radius 1 is 1.00 bits per heavy atom. The Hall–Kier alpha value is -1.03. The van der Waals surface area contributed by atoms with Gasteiger partial charge in [-0.2, -0.15) is 0 Å². The lowest BCUT2D eigenvalue weighted by molar-refractivity contribution is 1.27. The van der Waals surface area contributed by atoms with Crippen LogP contribution in [0.25, 0.3) is 9.69 Å². The number of hydrogen-bond acceptors (Lipinski definition) is 2. The van der Waals surface area contributed by atoms with E-state index in [9.17, 15) is 0 Å². The summed E-state index contributed by atoms with van der Waals surface area (Å²) in [6.45, 7) is 13.3. The third-order valence-corrected chi connectivity index (χ3v) is 3.53. The van der Waals surface area contributed by atoms with Gasteiger partial charge in [0.15, 0.2) is 0 Å². The second kappa shape index (κ2) is 8.20. The summed E-state index contributed by atoms with van der Waals surface area (Å²) >= 11 is 8.47. The Morgan fingerprint density at radius 2 is 1.68 bits per heavy atom. The van der Waals surface area contributed by atoms with Crippen molar-refractivity contribution >= 4 is 65.8 Å². The molecule has 0 saturated heterocycles. The average molecular weight is 492 g/mol. The second-order valence-electron chi connectivity index (χ2n) is 3.02. The van der Waals surface area contributed by atoms with Crippen molar-refractivity contribution in [3.63, 3.8) is 0 Å². The van der Waals surface area contributed by atoms with Crippen LogP contribution in [0.15, 0.2) is 39.8 Å². The van der Waals surface area contributed by atoms with Gasteiger partial charge in [0.25, 0.3) is 0 Å². The van der Waals surface area contributed by atoms with Gasteiger partial charge in [0.05, 0.1) is 13.1 Å². The lowest BCUT2D eigenvalue weighted by atomic mass is 10.4. The highest BCUT2D eigenvalue weighted by Gasteiger charge is 1.98. The van der Waals surface area contributed by atoms with Crippen LogP contribution in [-0.2, 0) is 0 Å². The van der Waals surface area contributed by atoms with Crippen LogP contribution in [0.4, 0.5) is 11.4 Å². The highest BCUT2D eigenvalue weighted by atomic mass is 127. The molecular weight excluding hydrogens is 487 g/mol. The molecule has 0 aliphatic rings. The van der Waals surface area contributed by atoms with Crippen molar-refractivity contribution in [3.8, 4) is 0 Å². The van der Waals surface area contributed by atoms with Gasteiger partial charge in [-0.3, -0.25) is 9.97 Å². The Morgan fingerprint density at radius 3 is 2.16 bits per heavy atom. The normalized spacial score (nSPS) is 8.68. The van der Waals surface area contributed by atoms with Crippen LogP contribution in [0, 0.1) is 16.7 Å². The molecule has 0 spiro atoms. The summed E-state index contributed by atoms with van der Waals surface area (Å²) in [4.78, 5) is 14.2. The zero-order valence-electron chi connectivity index (χ0n) is 9.31. The smallest absolute Gasteiger partial charge is 0.218 e. The molecule has 19 heavy (non-hydrogen) atoms. The number of rotatable bonds is 0. The first-order valence-corrected chi connectivity index (χ1v) is 7.41. The first kappa shape index (κ1) is 16.0. The van der Waals surface area contributed by atoms with Crippen molar-refractivity contribution in [2.75, 3.05) is 0 Å². The first-order valence-electron chi connectivity index (χ1n) is 4.74. The predicted molar refractivity (Wildman–Crippen MR) is 89.1 cm³/mol. The van der Waals surface area contributed by atoms with E-state index < -0.39 is 0 Å². The van der Waals surface area contributed by atoms with Gasteiger partial charge in [0, 0.05) is 16.0 Å². The second-order valence-corrected chi connectivity index (χ2v) is 5.81. The third-order valence-electron chi connectivity index (χ3n) is 1.76. The fourth-order valence-corrected chi connectivity index (χ4v) is 2.47. The predicted octanol–water partition coefficient (Wildman–Crippen LogP) is 5.39. The fourth-order valence-electron chi connectivity index (χ4n) is 0.917. The summed E-state index contributed by atoms with van der Waals surface area (Å²) in [7, 11) is 0. The minimum Gasteiger partial charge on any atom is -0.261 e. The van der Waals surface area contributed by atoms with Crippen LogP contribution in [0.2, 0.25) is 0 Å². The summed E-state index contributed by atoms with van der Waals surface area (Å²) in [6.07, 6.45) is 3.08. The summed E-state index contributed by atoms with van der Waals surface area (Å²) < 4.78 is 2.45. The van der Waals surface area contributed by atoms with E-state index in [-0.39, 0.29) is 0 Å². The van der Waals surface area contributed by atoms with Gasteiger partial charge in [0.2, 0.25) is 11.4 Å². The maximum absolute atomic E-state index is 6.72. The summed E-state index contributed by atoms with van der Waals surface area (Å²) in [5.74, 6) is 0. The third kappa shape index (κ3) is 5.64. The number of pyridine rings is 2. The topological polar surface area (TPSA) is 34.5 Å². The van der Waals surface area contributed by atoms with Crippen molar-refractivity contribution in [1.29, 1.82) is 0 Å². The largest absolute Gasteiger partial charge is 0.261 e. The molecule has 2 aromatic heterocycles. The van der Waals surface area contributed by atoms with Crippen molar-refractivity contribution in [3.05, 3.63) is 66.2 Å². The molecule has 0 atom stereocenters. The lowest BCUT2D eigenvalue weighted by Crippen LogP contribution is -1.76. The maximum Gasteiger partial charge on any atom is 0.218 e. The Balaban J connectivity index is 0.000000191. The van der Waals surface area contributed by atoms with Crippen molar-refractivity contribution in [1.82, 2.24) is 9.97 Å². The van der Waals surface area contributed by atoms with Crippen LogP contribution in [0.5, 0.6) is 0 Å². The molecule has 2 heterocycles. The van der Waals surface area contributed by atoms with Crippen LogP contribution >= 0.6 is 54.5 Å². The van der Waals surface area contributed by atoms with Gasteiger partial charge in [-0.1, -0.05) is 28.7 Å². The summed E-state index contributed by atoms with van der Waals surface area (Å²) in [5, 5.41) is 0. The molecule has 4 nitrogen and oxygen atoms in total. The van der Waals surface area contributed by atoms with Crippen LogP contribution in [0.1, 0.15) is 0 Å². The monoisotopic (exact) mass is 490 g/mol. The zero-order chi connectivity index (χ0) is 14.3. The Kier molecular flexibility index (Phi) is 6.92. The molecular formula is C12H5Br2IN4. The van der Waals surface area contributed by atoms with E-state index in [2.05, 4.69) is 74.1 Å². The first-order chi connectivity index (χ1) is 9.06. The van der Waals surface area contributed by atoms with E-state index >= 15 is 0 Å². The summed E-state index contributed by atoms with van der Waals surface area (Å²) in [6, 6.07) is 5.27. The SMILES string of the molecule is [C-]#[N+]c1ccc(Br)nc1.[C-]#[N+]c1cnc(Br)cc1I. The van der Waals surface area contributed by atoms with Crippen molar-refractivity contribution in [2.24, 2.45) is 0 Å². The molecule has 0 fully saturated rings. The molecule has 0 aromatic carbocycles. The molecule has 0 saturated carbocycles. The van der Waals surface area contributed by atoms with Gasteiger partial charge >= 0.3 is 0 Å². The quantitative estimate of drug-likeness (QED) is 0.281. The zero-order valence-corrected chi connectivity index (χ0v) is 14.6. The Bertz CT molecular complexity index is 644. The number of nitrogens with zero attached hydrogens (tertiary/aromatic N) is 4. The van der Waals surface area contributed by atoms with Gasteiger partial charge in [0.1, 0.15) is 9.21 Å². The molecule has 0 unspecified atom stereocenters. The van der Waals surface area contributed by atoms with Gasteiger partial charge in [-0.05, 0) is 44.0 Å². The van der Waals surface area contributed by atoms with E-state index in [4.69, 9.17) is 13.1 Å². The molecule has 0 N–H and O–H groups in total. The number of halogens is 3. The molecule has 0 aliphatic heterocycles. The Labute approximate surface area is 141 Å². The van der Waals surface area contributed by atoms with Crippen molar-refractivity contribution in [2.45, 2.75) is 0 Å². The van der Waals surface area contributed by atoms with Crippen LogP contribution < -0.4 is 0 Å². The van der Waals surface area contributed by atoms with E-state index in [1.54, 1.807) is 18.3 Å². The minimum atomic E-state index is 0.568. The van der Waals surface area contributed by atoms with Crippen LogP contribution in [-0.4, -0.2) is 9.97 Å².